The molecule has 0 saturated heterocycles. The first-order chi connectivity index (χ1) is 8.56. The maximum Gasteiger partial charge on any atom is 0.152 e. The summed E-state index contributed by atoms with van der Waals surface area (Å²) in [7, 11) is 0. The first kappa shape index (κ1) is 12.8. The van der Waals surface area contributed by atoms with Gasteiger partial charge in [0.1, 0.15) is 0 Å². The van der Waals surface area contributed by atoms with Gasteiger partial charge in [-0.3, -0.25) is 0 Å². The summed E-state index contributed by atoms with van der Waals surface area (Å²) in [6.45, 7) is 6.05. The minimum atomic E-state index is 0.165. The molecule has 0 saturated carbocycles. The minimum Gasteiger partial charge on any atom is -0.362 e. The molecule has 1 atom stereocenters. The molecule has 1 N–H and O–H groups in total. The van der Waals surface area contributed by atoms with Gasteiger partial charge in [-0.15, -0.1) is 5.10 Å². The van der Waals surface area contributed by atoms with Crippen LogP contribution in [0, 0.1) is 13.8 Å². The Kier molecular flexibility index (Phi) is 3.82. The zero-order chi connectivity index (χ0) is 13.1. The van der Waals surface area contributed by atoms with Gasteiger partial charge in [0.25, 0.3) is 0 Å². The van der Waals surface area contributed by atoms with Crippen molar-refractivity contribution in [1.82, 2.24) is 10.2 Å². The van der Waals surface area contributed by atoms with Gasteiger partial charge in [0.2, 0.25) is 0 Å². The Morgan fingerprint density at radius 1 is 1.11 bits per heavy atom. The molecule has 1 aromatic carbocycles. The number of rotatable bonds is 3. The van der Waals surface area contributed by atoms with Crippen LogP contribution in [0.15, 0.2) is 30.3 Å². The second-order valence-electron chi connectivity index (χ2n) is 4.43. The van der Waals surface area contributed by atoms with Crippen LogP contribution in [0.5, 0.6) is 0 Å². The summed E-state index contributed by atoms with van der Waals surface area (Å²) >= 11 is 5.88. The van der Waals surface area contributed by atoms with Gasteiger partial charge in [-0.2, -0.15) is 5.10 Å². The second-order valence-corrected chi connectivity index (χ2v) is 4.87. The van der Waals surface area contributed by atoms with Crippen molar-refractivity contribution < 1.29 is 0 Å². The number of aromatic nitrogens is 2. The number of aryl methyl sites for hydroxylation is 2. The van der Waals surface area contributed by atoms with Crippen molar-refractivity contribution in [2.75, 3.05) is 5.32 Å². The summed E-state index contributed by atoms with van der Waals surface area (Å²) in [4.78, 5) is 0. The predicted octanol–water partition coefficient (Wildman–Crippen LogP) is 3.92. The molecule has 0 aliphatic rings. The Labute approximate surface area is 112 Å². The van der Waals surface area contributed by atoms with E-state index in [-0.39, 0.29) is 6.04 Å². The van der Waals surface area contributed by atoms with Crippen LogP contribution in [0.2, 0.25) is 5.02 Å². The van der Waals surface area contributed by atoms with Crippen LogP contribution in [0.4, 0.5) is 5.82 Å². The van der Waals surface area contributed by atoms with E-state index in [1.165, 1.54) is 5.56 Å². The van der Waals surface area contributed by atoms with E-state index < -0.39 is 0 Å². The SMILES string of the molecule is Cc1cc(C)c(N[C@@H](C)c2ccc(Cl)cc2)nn1. The normalized spacial score (nSPS) is 12.2. The molecule has 3 nitrogen and oxygen atoms in total. The van der Waals surface area contributed by atoms with Crippen LogP contribution in [0.1, 0.15) is 29.8 Å². The number of hydrogen-bond donors (Lipinski definition) is 1. The highest BCUT2D eigenvalue weighted by Gasteiger charge is 2.08. The lowest BCUT2D eigenvalue weighted by molar-refractivity contribution is 0.850. The van der Waals surface area contributed by atoms with Crippen molar-refractivity contribution in [3.05, 3.63) is 52.2 Å². The van der Waals surface area contributed by atoms with Gasteiger partial charge in [-0.1, -0.05) is 23.7 Å². The number of nitrogens with one attached hydrogen (secondary N) is 1. The van der Waals surface area contributed by atoms with Crippen LogP contribution in [-0.4, -0.2) is 10.2 Å². The maximum atomic E-state index is 5.88. The van der Waals surface area contributed by atoms with Crippen molar-refractivity contribution in [2.24, 2.45) is 0 Å². The summed E-state index contributed by atoms with van der Waals surface area (Å²) < 4.78 is 0. The predicted molar refractivity (Wildman–Crippen MR) is 75.0 cm³/mol. The molecule has 4 heteroatoms. The third-order valence-electron chi connectivity index (χ3n) is 2.83. The average molecular weight is 262 g/mol. The summed E-state index contributed by atoms with van der Waals surface area (Å²) in [5.74, 6) is 0.822. The molecule has 0 unspecified atom stereocenters. The van der Waals surface area contributed by atoms with Crippen LogP contribution < -0.4 is 5.32 Å². The van der Waals surface area contributed by atoms with Gasteiger partial charge in [0.05, 0.1) is 11.7 Å². The zero-order valence-corrected chi connectivity index (χ0v) is 11.5. The Balaban J connectivity index is 2.15. The highest BCUT2D eigenvalue weighted by atomic mass is 35.5. The maximum absolute atomic E-state index is 5.88. The van der Waals surface area contributed by atoms with Gasteiger partial charge in [0, 0.05) is 5.02 Å². The molecule has 0 bridgehead atoms. The number of halogens is 1. The highest BCUT2D eigenvalue weighted by molar-refractivity contribution is 6.30. The molecule has 2 aromatic rings. The molecule has 0 fully saturated rings. The molecule has 1 heterocycles. The van der Waals surface area contributed by atoms with E-state index in [9.17, 15) is 0 Å². The topological polar surface area (TPSA) is 37.8 Å². The Hall–Kier alpha value is -1.61. The van der Waals surface area contributed by atoms with Gasteiger partial charge in [-0.05, 0) is 50.1 Å². The van der Waals surface area contributed by atoms with Crippen molar-refractivity contribution in [1.29, 1.82) is 0 Å². The van der Waals surface area contributed by atoms with E-state index in [1.807, 2.05) is 44.2 Å². The van der Waals surface area contributed by atoms with Crippen LogP contribution in [0.3, 0.4) is 0 Å². The van der Waals surface area contributed by atoms with E-state index in [1.54, 1.807) is 0 Å². The van der Waals surface area contributed by atoms with Gasteiger partial charge >= 0.3 is 0 Å². The fraction of sp³-hybridized carbons (Fsp3) is 0.286. The average Bonchev–Trinajstić information content (AvgIpc) is 2.33. The number of hydrogen-bond acceptors (Lipinski definition) is 3. The molecule has 0 aliphatic carbocycles. The molecular formula is C14H16ClN3. The lowest BCUT2D eigenvalue weighted by Gasteiger charge is -2.16. The quantitative estimate of drug-likeness (QED) is 0.910. The summed E-state index contributed by atoms with van der Waals surface area (Å²) in [5, 5.41) is 12.3. The third kappa shape index (κ3) is 2.99. The molecule has 18 heavy (non-hydrogen) atoms. The van der Waals surface area contributed by atoms with Crippen LogP contribution in [0.25, 0.3) is 0 Å². The number of nitrogens with zero attached hydrogens (tertiary/aromatic N) is 2. The standard InChI is InChI=1S/C14H16ClN3/c1-9-8-10(2)17-18-14(9)16-11(3)12-4-6-13(15)7-5-12/h4-8,11H,1-3H3,(H,16,18)/t11-/m0/s1. The lowest BCUT2D eigenvalue weighted by Crippen LogP contribution is -2.10. The molecule has 0 aliphatic heterocycles. The van der Waals surface area contributed by atoms with Crippen LogP contribution in [-0.2, 0) is 0 Å². The van der Waals surface area contributed by atoms with E-state index >= 15 is 0 Å². The molecule has 94 valence electrons. The van der Waals surface area contributed by atoms with E-state index in [4.69, 9.17) is 11.6 Å². The van der Waals surface area contributed by atoms with Crippen molar-refractivity contribution in [3.63, 3.8) is 0 Å². The van der Waals surface area contributed by atoms with Crippen LogP contribution >= 0.6 is 11.6 Å². The molecule has 2 rings (SSSR count). The molecule has 0 radical (unpaired) electrons. The third-order valence-corrected chi connectivity index (χ3v) is 3.08. The lowest BCUT2D eigenvalue weighted by atomic mass is 10.1. The first-order valence-corrected chi connectivity index (χ1v) is 6.27. The summed E-state index contributed by atoms with van der Waals surface area (Å²) in [6.07, 6.45) is 0. The number of benzene rings is 1. The zero-order valence-electron chi connectivity index (χ0n) is 10.7. The first-order valence-electron chi connectivity index (χ1n) is 5.89. The molecule has 0 spiro atoms. The fourth-order valence-electron chi connectivity index (χ4n) is 1.80. The van der Waals surface area contributed by atoms with Crippen molar-refractivity contribution in [2.45, 2.75) is 26.8 Å². The fourth-order valence-corrected chi connectivity index (χ4v) is 1.93. The summed E-state index contributed by atoms with van der Waals surface area (Å²) in [6, 6.07) is 9.99. The Morgan fingerprint density at radius 3 is 2.39 bits per heavy atom. The molecule has 0 amide bonds. The monoisotopic (exact) mass is 261 g/mol. The Morgan fingerprint density at radius 2 is 1.78 bits per heavy atom. The van der Waals surface area contributed by atoms with Gasteiger partial charge in [0.15, 0.2) is 5.82 Å². The number of anilines is 1. The van der Waals surface area contributed by atoms with Crippen molar-refractivity contribution in [3.8, 4) is 0 Å². The Bertz CT molecular complexity index is 537. The molecule has 1 aromatic heterocycles. The second kappa shape index (κ2) is 5.36. The highest BCUT2D eigenvalue weighted by Crippen LogP contribution is 2.21. The van der Waals surface area contributed by atoms with Gasteiger partial charge < -0.3 is 5.32 Å². The van der Waals surface area contributed by atoms with E-state index in [0.717, 1.165) is 22.1 Å². The summed E-state index contributed by atoms with van der Waals surface area (Å²) in [5.41, 5.74) is 3.20. The van der Waals surface area contributed by atoms with E-state index in [2.05, 4.69) is 22.4 Å². The largest absolute Gasteiger partial charge is 0.362 e. The van der Waals surface area contributed by atoms with Crippen molar-refractivity contribution >= 4 is 17.4 Å². The van der Waals surface area contributed by atoms with Gasteiger partial charge in [-0.25, -0.2) is 0 Å². The molecular weight excluding hydrogens is 246 g/mol. The minimum absolute atomic E-state index is 0.165. The smallest absolute Gasteiger partial charge is 0.152 e. The van der Waals surface area contributed by atoms with E-state index in [0.29, 0.717) is 0 Å².